The van der Waals surface area contributed by atoms with Crippen LogP contribution in [0.4, 0.5) is 0 Å². The Hall–Kier alpha value is -1.59. The Labute approximate surface area is 87.9 Å². The van der Waals surface area contributed by atoms with Crippen molar-refractivity contribution in [2.75, 3.05) is 13.7 Å². The van der Waals surface area contributed by atoms with E-state index in [0.717, 1.165) is 0 Å². The minimum Gasteiger partial charge on any atom is -0.488 e. The maximum Gasteiger partial charge on any atom is 0.188 e. The van der Waals surface area contributed by atoms with Gasteiger partial charge in [0.1, 0.15) is 18.2 Å². The van der Waals surface area contributed by atoms with Crippen LogP contribution in [0.5, 0.6) is 5.75 Å². The van der Waals surface area contributed by atoms with Crippen molar-refractivity contribution in [3.63, 3.8) is 0 Å². The zero-order chi connectivity index (χ0) is 11.3. The third-order valence-electron chi connectivity index (χ3n) is 1.83. The first-order valence-corrected chi connectivity index (χ1v) is 4.42. The average molecular weight is 210 g/mol. The van der Waals surface area contributed by atoms with Crippen molar-refractivity contribution >= 4 is 5.84 Å². The number of para-hydroxylation sites is 1. The minimum atomic E-state index is -0.981. The molecule has 5 heteroatoms. The van der Waals surface area contributed by atoms with Crippen LogP contribution in [0.15, 0.2) is 24.3 Å². The molecule has 0 aliphatic rings. The summed E-state index contributed by atoms with van der Waals surface area (Å²) in [5, 5.41) is 16.4. The third-order valence-corrected chi connectivity index (χ3v) is 1.83. The van der Waals surface area contributed by atoms with Crippen molar-refractivity contribution in [2.45, 2.75) is 6.29 Å². The Bertz CT molecular complexity index is 341. The molecule has 0 spiro atoms. The van der Waals surface area contributed by atoms with E-state index in [4.69, 9.17) is 21.0 Å². The van der Waals surface area contributed by atoms with E-state index in [1.807, 2.05) is 0 Å². The zero-order valence-electron chi connectivity index (χ0n) is 8.43. The van der Waals surface area contributed by atoms with Crippen molar-refractivity contribution in [3.8, 4) is 5.75 Å². The second-order valence-electron chi connectivity index (χ2n) is 2.91. The highest BCUT2D eigenvalue weighted by Crippen LogP contribution is 2.17. The number of methoxy groups -OCH3 is 1. The summed E-state index contributed by atoms with van der Waals surface area (Å²) < 4.78 is 9.87. The van der Waals surface area contributed by atoms with Crippen LogP contribution in [0.1, 0.15) is 5.56 Å². The molecule has 0 fully saturated rings. The van der Waals surface area contributed by atoms with E-state index in [9.17, 15) is 0 Å². The van der Waals surface area contributed by atoms with Crippen molar-refractivity contribution < 1.29 is 14.6 Å². The first-order valence-electron chi connectivity index (χ1n) is 4.42. The second kappa shape index (κ2) is 5.33. The molecule has 1 aromatic rings. The number of benzene rings is 1. The number of nitrogens with two attached hydrogens (primary N) is 1. The highest BCUT2D eigenvalue weighted by atomic mass is 16.6. The van der Waals surface area contributed by atoms with Gasteiger partial charge in [-0.15, -0.1) is 0 Å². The van der Waals surface area contributed by atoms with E-state index in [-0.39, 0.29) is 12.4 Å². The van der Waals surface area contributed by atoms with Gasteiger partial charge in [0.25, 0.3) is 0 Å². The highest BCUT2D eigenvalue weighted by Gasteiger charge is 2.07. The van der Waals surface area contributed by atoms with Crippen molar-refractivity contribution in [1.29, 1.82) is 5.41 Å². The van der Waals surface area contributed by atoms with Gasteiger partial charge < -0.3 is 20.3 Å². The third kappa shape index (κ3) is 3.23. The Morgan fingerprint density at radius 3 is 2.80 bits per heavy atom. The molecular weight excluding hydrogens is 196 g/mol. The summed E-state index contributed by atoms with van der Waals surface area (Å²) in [6.45, 7) is 0.000787. The SMILES string of the molecule is COC(O)COc1ccccc1C(=N)N. The Morgan fingerprint density at radius 2 is 2.20 bits per heavy atom. The van der Waals surface area contributed by atoms with Crippen LogP contribution in [0, 0.1) is 5.41 Å². The largest absolute Gasteiger partial charge is 0.488 e. The molecule has 82 valence electrons. The van der Waals surface area contributed by atoms with Gasteiger partial charge in [-0.3, -0.25) is 5.41 Å². The molecule has 1 unspecified atom stereocenters. The maximum atomic E-state index is 9.12. The summed E-state index contributed by atoms with van der Waals surface area (Å²) in [5.74, 6) is 0.388. The molecule has 0 saturated heterocycles. The van der Waals surface area contributed by atoms with Crippen LogP contribution in [0.3, 0.4) is 0 Å². The van der Waals surface area contributed by atoms with Gasteiger partial charge >= 0.3 is 0 Å². The molecule has 0 radical (unpaired) electrons. The van der Waals surface area contributed by atoms with Crippen LogP contribution < -0.4 is 10.5 Å². The lowest BCUT2D eigenvalue weighted by molar-refractivity contribution is -0.0968. The Morgan fingerprint density at radius 1 is 1.53 bits per heavy atom. The summed E-state index contributed by atoms with van der Waals surface area (Å²) in [6, 6.07) is 6.88. The monoisotopic (exact) mass is 210 g/mol. The van der Waals surface area contributed by atoms with Crippen LogP contribution in [0.25, 0.3) is 0 Å². The predicted molar refractivity (Wildman–Crippen MR) is 56.0 cm³/mol. The molecule has 0 aromatic heterocycles. The van der Waals surface area contributed by atoms with E-state index in [1.54, 1.807) is 24.3 Å². The average Bonchev–Trinajstić information content (AvgIpc) is 2.26. The fourth-order valence-corrected chi connectivity index (χ4v) is 1.04. The number of aliphatic hydroxyl groups is 1. The highest BCUT2D eigenvalue weighted by molar-refractivity contribution is 5.97. The van der Waals surface area contributed by atoms with Gasteiger partial charge in [0, 0.05) is 7.11 Å². The van der Waals surface area contributed by atoms with E-state index in [2.05, 4.69) is 4.74 Å². The van der Waals surface area contributed by atoms with Gasteiger partial charge in [0.05, 0.1) is 5.56 Å². The number of rotatable bonds is 5. The standard InChI is InChI=1S/C10H14N2O3/c1-14-9(13)6-15-8-5-3-2-4-7(8)10(11)12/h2-5,9,13H,6H2,1H3,(H3,11,12). The molecule has 15 heavy (non-hydrogen) atoms. The summed E-state index contributed by atoms with van der Waals surface area (Å²) in [5.41, 5.74) is 5.86. The minimum absolute atomic E-state index is 0.000787. The van der Waals surface area contributed by atoms with Gasteiger partial charge in [0.15, 0.2) is 6.29 Å². The van der Waals surface area contributed by atoms with Crippen LogP contribution in [-0.2, 0) is 4.74 Å². The van der Waals surface area contributed by atoms with Crippen LogP contribution >= 0.6 is 0 Å². The quantitative estimate of drug-likeness (QED) is 0.371. The predicted octanol–water partition coefficient (Wildman–Crippen LogP) is 0.314. The molecule has 1 rings (SSSR count). The lowest BCUT2D eigenvalue weighted by Gasteiger charge is -2.12. The molecular formula is C10H14N2O3. The van der Waals surface area contributed by atoms with E-state index >= 15 is 0 Å². The smallest absolute Gasteiger partial charge is 0.188 e. The number of nitrogen functional groups attached to an aromatic ring is 1. The number of aliphatic hydroxyl groups excluding tert-OH is 1. The molecule has 0 heterocycles. The number of hydrogen-bond acceptors (Lipinski definition) is 4. The first-order chi connectivity index (χ1) is 7.15. The van der Waals surface area contributed by atoms with E-state index in [1.165, 1.54) is 7.11 Å². The first kappa shape index (κ1) is 11.5. The van der Waals surface area contributed by atoms with E-state index < -0.39 is 6.29 Å². The van der Waals surface area contributed by atoms with Crippen LogP contribution in [-0.4, -0.2) is 30.9 Å². The van der Waals surface area contributed by atoms with Gasteiger partial charge in [-0.25, -0.2) is 0 Å². The Balaban J connectivity index is 2.72. The van der Waals surface area contributed by atoms with Crippen molar-refractivity contribution in [1.82, 2.24) is 0 Å². The Kier molecular flexibility index (Phi) is 4.08. The summed E-state index contributed by atoms with van der Waals surface area (Å²) in [7, 11) is 1.38. The van der Waals surface area contributed by atoms with Crippen LogP contribution in [0.2, 0.25) is 0 Å². The molecule has 4 N–H and O–H groups in total. The molecule has 1 aromatic carbocycles. The van der Waals surface area contributed by atoms with Gasteiger partial charge in [0.2, 0.25) is 0 Å². The molecule has 0 bridgehead atoms. The fraction of sp³-hybridized carbons (Fsp3) is 0.300. The number of ether oxygens (including phenoxy) is 2. The molecule has 1 atom stereocenters. The maximum absolute atomic E-state index is 9.12. The fourth-order valence-electron chi connectivity index (χ4n) is 1.04. The van der Waals surface area contributed by atoms with Crippen molar-refractivity contribution in [2.24, 2.45) is 5.73 Å². The number of nitrogens with one attached hydrogen (secondary N) is 1. The topological polar surface area (TPSA) is 88.6 Å². The summed E-state index contributed by atoms with van der Waals surface area (Å²) in [4.78, 5) is 0. The van der Waals surface area contributed by atoms with Crippen molar-refractivity contribution in [3.05, 3.63) is 29.8 Å². The number of hydrogen-bond donors (Lipinski definition) is 3. The lowest BCUT2D eigenvalue weighted by atomic mass is 10.2. The molecule has 0 aliphatic carbocycles. The molecule has 0 amide bonds. The summed E-state index contributed by atoms with van der Waals surface area (Å²) in [6.07, 6.45) is -0.981. The molecule has 5 nitrogen and oxygen atoms in total. The lowest BCUT2D eigenvalue weighted by Crippen LogP contribution is -2.21. The van der Waals surface area contributed by atoms with Gasteiger partial charge in [-0.05, 0) is 12.1 Å². The van der Waals surface area contributed by atoms with Gasteiger partial charge in [-0.1, -0.05) is 12.1 Å². The molecule has 0 aliphatic heterocycles. The zero-order valence-corrected chi connectivity index (χ0v) is 8.43. The van der Waals surface area contributed by atoms with Gasteiger partial charge in [-0.2, -0.15) is 0 Å². The summed E-state index contributed by atoms with van der Waals surface area (Å²) >= 11 is 0. The normalized spacial score (nSPS) is 12.1. The molecule has 0 saturated carbocycles. The van der Waals surface area contributed by atoms with E-state index in [0.29, 0.717) is 11.3 Å². The number of amidine groups is 1. The second-order valence-corrected chi connectivity index (χ2v) is 2.91.